The minimum atomic E-state index is -1.09. The average molecular weight is 357 g/mol. The standard InChI is InChI=1S/C15H21BrN2O3/c1-5-17(12-8-6-11(16)7-9-12)13(19)10-18(14(20)21)15(2,3)4/h6-9H,5,10H2,1-4H3,(H,20,21). The zero-order valence-electron chi connectivity index (χ0n) is 12.8. The molecule has 0 aromatic heterocycles. The van der Waals surface area contributed by atoms with Gasteiger partial charge in [0.1, 0.15) is 6.54 Å². The molecule has 0 heterocycles. The van der Waals surface area contributed by atoms with Crippen molar-refractivity contribution in [1.29, 1.82) is 0 Å². The zero-order valence-corrected chi connectivity index (χ0v) is 14.3. The Balaban J connectivity index is 2.93. The molecule has 0 aliphatic carbocycles. The number of anilines is 1. The Morgan fingerprint density at radius 1 is 1.19 bits per heavy atom. The fourth-order valence-corrected chi connectivity index (χ4v) is 2.20. The minimum absolute atomic E-state index is 0.164. The summed E-state index contributed by atoms with van der Waals surface area (Å²) < 4.78 is 0.927. The highest BCUT2D eigenvalue weighted by molar-refractivity contribution is 9.10. The van der Waals surface area contributed by atoms with E-state index in [9.17, 15) is 14.7 Å². The van der Waals surface area contributed by atoms with Gasteiger partial charge in [-0.25, -0.2) is 4.79 Å². The van der Waals surface area contributed by atoms with Gasteiger partial charge in [-0.1, -0.05) is 15.9 Å². The molecule has 6 heteroatoms. The maximum absolute atomic E-state index is 12.4. The fraction of sp³-hybridized carbons (Fsp3) is 0.467. The van der Waals surface area contributed by atoms with E-state index in [4.69, 9.17) is 0 Å². The van der Waals surface area contributed by atoms with Gasteiger partial charge in [0.15, 0.2) is 0 Å². The van der Waals surface area contributed by atoms with Gasteiger partial charge in [-0.3, -0.25) is 9.69 Å². The van der Waals surface area contributed by atoms with Crippen molar-refractivity contribution >= 4 is 33.6 Å². The van der Waals surface area contributed by atoms with Crippen LogP contribution in [0.4, 0.5) is 10.5 Å². The number of carbonyl (C=O) groups excluding carboxylic acids is 1. The molecule has 0 saturated carbocycles. The van der Waals surface area contributed by atoms with Crippen LogP contribution in [0.2, 0.25) is 0 Å². The summed E-state index contributed by atoms with van der Waals surface area (Å²) in [4.78, 5) is 26.5. The molecule has 1 aromatic carbocycles. The largest absolute Gasteiger partial charge is 0.465 e. The molecule has 0 fully saturated rings. The SMILES string of the molecule is CCN(C(=O)CN(C(=O)O)C(C)(C)C)c1ccc(Br)cc1. The van der Waals surface area contributed by atoms with Crippen LogP contribution < -0.4 is 4.90 Å². The monoisotopic (exact) mass is 356 g/mol. The predicted octanol–water partition coefficient (Wildman–Crippen LogP) is 3.58. The van der Waals surface area contributed by atoms with Crippen LogP contribution in [0.15, 0.2) is 28.7 Å². The van der Waals surface area contributed by atoms with Crippen LogP contribution in [-0.2, 0) is 4.79 Å². The van der Waals surface area contributed by atoms with Crippen molar-refractivity contribution in [3.05, 3.63) is 28.7 Å². The second-order valence-electron chi connectivity index (χ2n) is 5.65. The fourth-order valence-electron chi connectivity index (χ4n) is 1.94. The molecule has 21 heavy (non-hydrogen) atoms. The quantitative estimate of drug-likeness (QED) is 0.896. The Hall–Kier alpha value is -1.56. The molecule has 5 nitrogen and oxygen atoms in total. The lowest BCUT2D eigenvalue weighted by Gasteiger charge is -2.34. The van der Waals surface area contributed by atoms with Crippen molar-refractivity contribution in [3.8, 4) is 0 Å². The van der Waals surface area contributed by atoms with Gasteiger partial charge in [0, 0.05) is 22.2 Å². The van der Waals surface area contributed by atoms with Crippen LogP contribution in [0.25, 0.3) is 0 Å². The van der Waals surface area contributed by atoms with Gasteiger partial charge >= 0.3 is 6.09 Å². The summed E-state index contributed by atoms with van der Waals surface area (Å²) in [6.45, 7) is 7.49. The van der Waals surface area contributed by atoms with Crippen molar-refractivity contribution in [2.75, 3.05) is 18.0 Å². The van der Waals surface area contributed by atoms with E-state index in [0.717, 1.165) is 15.1 Å². The Bertz CT molecular complexity index is 509. The first-order valence-corrected chi connectivity index (χ1v) is 7.52. The van der Waals surface area contributed by atoms with Crippen LogP contribution in [0.1, 0.15) is 27.7 Å². The maximum atomic E-state index is 12.4. The smallest absolute Gasteiger partial charge is 0.408 e. The van der Waals surface area contributed by atoms with Gasteiger partial charge in [-0.15, -0.1) is 0 Å². The molecule has 0 spiro atoms. The van der Waals surface area contributed by atoms with Gasteiger partial charge in [0.05, 0.1) is 0 Å². The number of hydrogen-bond acceptors (Lipinski definition) is 2. The molecule has 0 unspecified atom stereocenters. The third-order valence-corrected chi connectivity index (χ3v) is 3.62. The van der Waals surface area contributed by atoms with Crippen LogP contribution >= 0.6 is 15.9 Å². The Morgan fingerprint density at radius 2 is 1.71 bits per heavy atom. The van der Waals surface area contributed by atoms with E-state index in [1.165, 1.54) is 0 Å². The summed E-state index contributed by atoms with van der Waals surface area (Å²) in [5.74, 6) is -0.239. The van der Waals surface area contributed by atoms with Gasteiger partial charge < -0.3 is 10.0 Å². The minimum Gasteiger partial charge on any atom is -0.465 e. The molecule has 1 rings (SSSR count). The highest BCUT2D eigenvalue weighted by atomic mass is 79.9. The second kappa shape index (κ2) is 6.93. The molecule has 1 N–H and O–H groups in total. The molecule has 2 amide bonds. The van der Waals surface area contributed by atoms with E-state index in [0.29, 0.717) is 6.54 Å². The number of rotatable bonds is 4. The summed E-state index contributed by atoms with van der Waals surface area (Å²) in [7, 11) is 0. The highest BCUT2D eigenvalue weighted by Gasteiger charge is 2.29. The number of halogens is 1. The lowest BCUT2D eigenvalue weighted by atomic mass is 10.1. The lowest BCUT2D eigenvalue weighted by Crippen LogP contribution is -2.50. The average Bonchev–Trinajstić information content (AvgIpc) is 2.37. The lowest BCUT2D eigenvalue weighted by molar-refractivity contribution is -0.120. The number of amides is 2. The van der Waals surface area contributed by atoms with Gasteiger partial charge in [0.25, 0.3) is 0 Å². The van der Waals surface area contributed by atoms with Crippen LogP contribution in [0.5, 0.6) is 0 Å². The van der Waals surface area contributed by atoms with E-state index in [2.05, 4.69) is 15.9 Å². The Labute approximate surface area is 133 Å². The summed E-state index contributed by atoms with van der Waals surface area (Å²) in [5, 5.41) is 9.27. The van der Waals surface area contributed by atoms with Crippen molar-refractivity contribution in [1.82, 2.24) is 4.90 Å². The van der Waals surface area contributed by atoms with Crippen molar-refractivity contribution < 1.29 is 14.7 Å². The molecule has 0 aliphatic rings. The van der Waals surface area contributed by atoms with Gasteiger partial charge in [-0.2, -0.15) is 0 Å². The molecule has 0 atom stereocenters. The first-order chi connectivity index (χ1) is 9.66. The van der Waals surface area contributed by atoms with Crippen molar-refractivity contribution in [2.45, 2.75) is 33.2 Å². The number of likely N-dealkylation sites (N-methyl/N-ethyl adjacent to an activating group) is 1. The molecule has 116 valence electrons. The van der Waals surface area contributed by atoms with Crippen LogP contribution in [-0.4, -0.2) is 40.6 Å². The van der Waals surface area contributed by atoms with E-state index in [-0.39, 0.29) is 12.5 Å². The first kappa shape index (κ1) is 17.5. The number of carbonyl (C=O) groups is 2. The summed E-state index contributed by atoms with van der Waals surface area (Å²) in [6, 6.07) is 7.36. The normalized spacial score (nSPS) is 11.1. The highest BCUT2D eigenvalue weighted by Crippen LogP contribution is 2.20. The zero-order chi connectivity index (χ0) is 16.2. The summed E-state index contributed by atoms with van der Waals surface area (Å²) in [6.07, 6.45) is -1.09. The van der Waals surface area contributed by atoms with E-state index in [1.807, 2.05) is 31.2 Å². The molecule has 0 radical (unpaired) electrons. The molecule has 0 bridgehead atoms. The third-order valence-electron chi connectivity index (χ3n) is 3.09. The van der Waals surface area contributed by atoms with Gasteiger partial charge in [-0.05, 0) is 52.0 Å². The number of carboxylic acid groups (broad SMARTS) is 1. The Morgan fingerprint density at radius 3 is 2.10 bits per heavy atom. The molecule has 0 aliphatic heterocycles. The van der Waals surface area contributed by atoms with Crippen molar-refractivity contribution in [2.24, 2.45) is 0 Å². The summed E-state index contributed by atoms with van der Waals surface area (Å²) >= 11 is 3.35. The van der Waals surface area contributed by atoms with E-state index >= 15 is 0 Å². The topological polar surface area (TPSA) is 60.9 Å². The Kier molecular flexibility index (Phi) is 5.78. The molecular weight excluding hydrogens is 336 g/mol. The number of hydrogen-bond donors (Lipinski definition) is 1. The molecule has 1 aromatic rings. The second-order valence-corrected chi connectivity index (χ2v) is 6.57. The number of nitrogens with zero attached hydrogens (tertiary/aromatic N) is 2. The van der Waals surface area contributed by atoms with Crippen LogP contribution in [0.3, 0.4) is 0 Å². The predicted molar refractivity (Wildman–Crippen MR) is 86.7 cm³/mol. The van der Waals surface area contributed by atoms with E-state index in [1.54, 1.807) is 25.7 Å². The first-order valence-electron chi connectivity index (χ1n) is 6.73. The van der Waals surface area contributed by atoms with E-state index < -0.39 is 11.6 Å². The number of benzene rings is 1. The van der Waals surface area contributed by atoms with Crippen LogP contribution in [0, 0.1) is 0 Å². The van der Waals surface area contributed by atoms with Crippen molar-refractivity contribution in [3.63, 3.8) is 0 Å². The summed E-state index contributed by atoms with van der Waals surface area (Å²) in [5.41, 5.74) is 0.130. The molecular formula is C15H21BrN2O3. The maximum Gasteiger partial charge on any atom is 0.408 e. The molecule has 0 saturated heterocycles. The third kappa shape index (κ3) is 4.74. The van der Waals surface area contributed by atoms with Gasteiger partial charge in [0.2, 0.25) is 5.91 Å².